The first-order chi connectivity index (χ1) is 40.1. The summed E-state index contributed by atoms with van der Waals surface area (Å²) in [5, 5.41) is -0.808. The number of hydrogen-bond donors (Lipinski definition) is 0. The second-order valence-electron chi connectivity index (χ2n) is 13.0. The molecular formula is C55H39NO. The van der Waals surface area contributed by atoms with Gasteiger partial charge < -0.3 is 9.32 Å². The Balaban J connectivity index is 1.28. The number of rotatable bonds is 6. The quantitative estimate of drug-likeness (QED) is 0.168. The van der Waals surface area contributed by atoms with Crippen LogP contribution in [0.3, 0.4) is 0 Å². The fourth-order valence-corrected chi connectivity index (χ4v) is 7.21. The third-order valence-corrected chi connectivity index (χ3v) is 9.80. The predicted molar refractivity (Wildman–Crippen MR) is 240 cm³/mol. The maximum absolute atomic E-state index is 10.1. The van der Waals surface area contributed by atoms with Crippen molar-refractivity contribution in [1.29, 1.82) is 0 Å². The molecule has 57 heavy (non-hydrogen) atoms. The second-order valence-corrected chi connectivity index (χ2v) is 13.0. The highest BCUT2D eigenvalue weighted by molar-refractivity contribution is 6.10. The number of furan rings is 1. The standard InChI is InChI=1S/C55H39NO/c1-55(2)49-20-10-8-17-45(49)46-34-32-42(35-50(46)55)56(51-21-12-19-48-47-18-9-11-22-52(47)57-54(48)51)41-30-27-39(28-31-41)44-33-29-38-15-6-7-16-43(38)53(44)40-25-23-37(24-26-40)36-13-4-3-5-14-36/h3-35H,1-2H3/i1D3,2D3,3D,4D,5D,6D,7D,9D,10D,12D,13D,14D,16D,18D,19D,20D,23D,24D,25D,26D,27D,28D,30D,31D,35D. The first-order valence-corrected chi connectivity index (χ1v) is 17.4. The van der Waals surface area contributed by atoms with Crippen LogP contribution >= 0.6 is 0 Å². The van der Waals surface area contributed by atoms with Crippen LogP contribution in [0.1, 0.15) is 64.6 Å². The maximum atomic E-state index is 10.1. The van der Waals surface area contributed by atoms with E-state index in [0.29, 0.717) is 0 Å². The molecule has 11 rings (SSSR count). The molecule has 2 nitrogen and oxygen atoms in total. The number of anilines is 3. The van der Waals surface area contributed by atoms with E-state index < -0.39 is 219 Å². The third kappa shape index (κ3) is 5.33. The number of para-hydroxylation sites is 2. The van der Waals surface area contributed by atoms with Crippen LogP contribution in [0.25, 0.3) is 77.2 Å². The van der Waals surface area contributed by atoms with Gasteiger partial charge in [0.1, 0.15) is 5.58 Å². The molecule has 0 bridgehead atoms. The maximum Gasteiger partial charge on any atom is 0.159 e. The summed E-state index contributed by atoms with van der Waals surface area (Å²) >= 11 is 0. The first-order valence-electron chi connectivity index (χ1n) is 31.9. The van der Waals surface area contributed by atoms with Crippen LogP contribution in [0.5, 0.6) is 0 Å². The first kappa shape index (κ1) is 15.1. The highest BCUT2D eigenvalue weighted by atomic mass is 16.3. The van der Waals surface area contributed by atoms with E-state index in [-0.39, 0.29) is 44.3 Å². The molecule has 1 aliphatic rings. The Hall–Kier alpha value is -7.16. The highest BCUT2D eigenvalue weighted by Crippen LogP contribution is 2.51. The lowest BCUT2D eigenvalue weighted by Crippen LogP contribution is -2.16. The summed E-state index contributed by atoms with van der Waals surface area (Å²) in [5.41, 5.74) is -11.1. The van der Waals surface area contributed by atoms with Crippen LogP contribution < -0.4 is 4.90 Å². The Kier molecular flexibility index (Phi) is 3.43. The Labute approximate surface area is 373 Å². The molecule has 9 aromatic carbocycles. The molecule has 1 aliphatic carbocycles. The molecular weight excluding hydrogens is 691 g/mol. The van der Waals surface area contributed by atoms with E-state index in [2.05, 4.69) is 0 Å². The Bertz CT molecular complexity index is 4630. The molecule has 10 aromatic rings. The minimum absolute atomic E-state index is 0.0185. The molecule has 0 N–H and O–H groups in total. The zero-order chi connectivity index (χ0) is 63.1. The van der Waals surface area contributed by atoms with Crippen LogP contribution in [-0.2, 0) is 5.41 Å². The Morgan fingerprint density at radius 3 is 2.05 bits per heavy atom. The van der Waals surface area contributed by atoms with Gasteiger partial charge in [0.2, 0.25) is 0 Å². The van der Waals surface area contributed by atoms with Gasteiger partial charge in [-0.1, -0.05) is 177 Å². The summed E-state index contributed by atoms with van der Waals surface area (Å²) < 4.78 is 269. The van der Waals surface area contributed by atoms with Crippen molar-refractivity contribution in [2.24, 2.45) is 0 Å². The van der Waals surface area contributed by atoms with Crippen LogP contribution in [-0.4, -0.2) is 0 Å². The van der Waals surface area contributed by atoms with Gasteiger partial charge in [0, 0.05) is 35.8 Å². The molecule has 0 amide bonds. The topological polar surface area (TPSA) is 16.4 Å². The number of fused-ring (bicyclic) bond motifs is 7. The van der Waals surface area contributed by atoms with E-state index in [1.807, 2.05) is 0 Å². The normalized spacial score (nSPS) is 20.5. The summed E-state index contributed by atoms with van der Waals surface area (Å²) in [7, 11) is 0. The minimum Gasteiger partial charge on any atom is -0.454 e. The number of benzene rings is 9. The van der Waals surface area contributed by atoms with Crippen molar-refractivity contribution in [2.45, 2.75) is 19.1 Å². The summed E-state index contributed by atoms with van der Waals surface area (Å²) in [6.07, 6.45) is 0. The number of nitrogens with zero attached hydrogens (tertiary/aromatic N) is 1. The summed E-state index contributed by atoms with van der Waals surface area (Å²) in [5.74, 6) is 0. The molecule has 0 unspecified atom stereocenters. The summed E-state index contributed by atoms with van der Waals surface area (Å²) in [4.78, 5) is 0.844. The van der Waals surface area contributed by atoms with Crippen LogP contribution in [0.4, 0.5) is 17.1 Å². The Morgan fingerprint density at radius 1 is 0.491 bits per heavy atom. The van der Waals surface area contributed by atoms with Crippen LogP contribution in [0.15, 0.2) is 204 Å². The van der Waals surface area contributed by atoms with E-state index in [9.17, 15) is 13.7 Å². The lowest BCUT2D eigenvalue weighted by Gasteiger charge is -2.28. The van der Waals surface area contributed by atoms with E-state index in [4.69, 9.17) is 30.5 Å². The fourth-order valence-electron chi connectivity index (χ4n) is 7.21. The van der Waals surface area contributed by atoms with Gasteiger partial charge >= 0.3 is 0 Å². The van der Waals surface area contributed by atoms with Crippen molar-refractivity contribution in [3.8, 4) is 44.5 Å². The summed E-state index contributed by atoms with van der Waals surface area (Å²) in [6, 6.07) is -6.60. The molecule has 0 atom stereocenters. The molecule has 0 radical (unpaired) electrons. The highest BCUT2D eigenvalue weighted by Gasteiger charge is 2.36. The van der Waals surface area contributed by atoms with Gasteiger partial charge in [0.25, 0.3) is 0 Å². The molecule has 0 saturated carbocycles. The molecule has 0 spiro atoms. The number of hydrogen-bond acceptors (Lipinski definition) is 2. The van der Waals surface area contributed by atoms with E-state index in [1.165, 1.54) is 36.4 Å². The minimum atomic E-state index is -3.64. The van der Waals surface area contributed by atoms with Gasteiger partial charge in [-0.15, -0.1) is 0 Å². The van der Waals surface area contributed by atoms with Gasteiger partial charge in [-0.2, -0.15) is 0 Å². The smallest absolute Gasteiger partial charge is 0.159 e. The van der Waals surface area contributed by atoms with Crippen molar-refractivity contribution in [3.05, 3.63) is 211 Å². The van der Waals surface area contributed by atoms with Crippen molar-refractivity contribution in [3.63, 3.8) is 0 Å². The zero-order valence-corrected chi connectivity index (χ0v) is 29.1. The molecule has 0 saturated heterocycles. The molecule has 1 aromatic heterocycles. The monoisotopic (exact) mass is 758 g/mol. The van der Waals surface area contributed by atoms with E-state index in [0.717, 1.165) is 29.2 Å². The lowest BCUT2D eigenvalue weighted by atomic mass is 9.82. The van der Waals surface area contributed by atoms with Crippen molar-refractivity contribution in [1.82, 2.24) is 0 Å². The van der Waals surface area contributed by atoms with Crippen molar-refractivity contribution < 1.29 is 44.2 Å². The molecule has 1 heterocycles. The van der Waals surface area contributed by atoms with E-state index >= 15 is 0 Å². The average Bonchev–Trinajstić information content (AvgIpc) is 1.47. The Morgan fingerprint density at radius 2 is 1.19 bits per heavy atom. The van der Waals surface area contributed by atoms with Crippen LogP contribution in [0, 0.1) is 0 Å². The van der Waals surface area contributed by atoms with Gasteiger partial charge in [-0.25, -0.2) is 0 Å². The second kappa shape index (κ2) is 13.0. The zero-order valence-electron chi connectivity index (χ0n) is 58.1. The van der Waals surface area contributed by atoms with Gasteiger partial charge in [0.05, 0.1) is 37.2 Å². The van der Waals surface area contributed by atoms with Crippen LogP contribution in [0.2, 0.25) is 0 Å². The molecule has 2 heteroatoms. The molecule has 0 fully saturated rings. The summed E-state index contributed by atoms with van der Waals surface area (Å²) in [6.45, 7) is -7.28. The largest absolute Gasteiger partial charge is 0.454 e. The van der Waals surface area contributed by atoms with Gasteiger partial charge in [0.15, 0.2) is 5.58 Å². The fraction of sp³-hybridized carbons (Fsp3) is 0.0545. The lowest BCUT2D eigenvalue weighted by molar-refractivity contribution is 0.660. The predicted octanol–water partition coefficient (Wildman–Crippen LogP) is 15.5. The van der Waals surface area contributed by atoms with Crippen molar-refractivity contribution >= 4 is 49.8 Å². The molecule has 270 valence electrons. The SMILES string of the molecule is [2H]c1ccc2c(c1[2H])C(C([2H])([2H])[2H])(C([2H])([2H])[2H])c1c-2ccc(N(c2c([2H])c([2H])c(-c3ccc4cc([2H])c([2H])c([2H])c4c3-c3c([2H])c([2H])c(-c4c([2H])c([2H])c([2H])c([2H])c4[2H])c([2H])c3[2H])c([2H])c2[2H])c2cc([2H])c([2H])c3c2oc2ccc([2H])c([2H])c23)c1[2H]. The molecule has 0 aliphatic heterocycles. The van der Waals surface area contributed by atoms with Gasteiger partial charge in [-0.05, 0) is 103 Å². The van der Waals surface area contributed by atoms with E-state index in [1.54, 1.807) is 0 Å². The average molecular weight is 759 g/mol. The third-order valence-electron chi connectivity index (χ3n) is 9.80. The van der Waals surface area contributed by atoms with Gasteiger partial charge in [-0.3, -0.25) is 0 Å². The van der Waals surface area contributed by atoms with Crippen molar-refractivity contribution in [2.75, 3.05) is 4.90 Å².